The van der Waals surface area contributed by atoms with E-state index < -0.39 is 5.54 Å². The molecule has 1 rings (SSSR count). The summed E-state index contributed by atoms with van der Waals surface area (Å²) in [5.41, 5.74) is -0.648. The zero-order valence-corrected chi connectivity index (χ0v) is 11.3. The van der Waals surface area contributed by atoms with E-state index in [1.165, 1.54) is 7.11 Å². The zero-order valence-electron chi connectivity index (χ0n) is 11.3. The average molecular weight is 244 g/mol. The molecule has 5 nitrogen and oxygen atoms in total. The number of carbonyl (C=O) groups is 1. The van der Waals surface area contributed by atoms with Crippen LogP contribution in [0.1, 0.15) is 19.8 Å². The Bertz CT molecular complexity index is 260. The number of esters is 1. The maximum absolute atomic E-state index is 11.7. The first kappa shape index (κ1) is 14.4. The number of nitrogens with zero attached hydrogens (tertiary/aromatic N) is 1. The summed E-state index contributed by atoms with van der Waals surface area (Å²) in [6.07, 6.45) is 2.49. The van der Waals surface area contributed by atoms with Crippen LogP contribution in [-0.2, 0) is 14.3 Å². The molecule has 0 aromatic carbocycles. The van der Waals surface area contributed by atoms with Crippen molar-refractivity contribution in [2.45, 2.75) is 31.4 Å². The van der Waals surface area contributed by atoms with Crippen molar-refractivity contribution in [2.75, 3.05) is 40.9 Å². The van der Waals surface area contributed by atoms with Crippen LogP contribution in [0.4, 0.5) is 0 Å². The molecule has 1 N–H and O–H groups in total. The Hall–Kier alpha value is -0.650. The van der Waals surface area contributed by atoms with Crippen molar-refractivity contribution in [1.29, 1.82) is 0 Å². The maximum atomic E-state index is 11.7. The number of ether oxygens (including phenoxy) is 2. The van der Waals surface area contributed by atoms with Crippen LogP contribution < -0.4 is 5.32 Å². The molecule has 0 aromatic rings. The number of methoxy groups -OCH3 is 2. The van der Waals surface area contributed by atoms with Gasteiger partial charge < -0.3 is 14.8 Å². The van der Waals surface area contributed by atoms with Gasteiger partial charge in [-0.25, -0.2) is 0 Å². The quantitative estimate of drug-likeness (QED) is 0.703. The van der Waals surface area contributed by atoms with Crippen molar-refractivity contribution < 1.29 is 14.3 Å². The van der Waals surface area contributed by atoms with Crippen LogP contribution in [0.3, 0.4) is 0 Å². The molecule has 5 heteroatoms. The fourth-order valence-corrected chi connectivity index (χ4v) is 2.27. The summed E-state index contributed by atoms with van der Waals surface area (Å²) in [7, 11) is 4.95. The third-order valence-electron chi connectivity index (χ3n) is 3.52. The van der Waals surface area contributed by atoms with Gasteiger partial charge in [-0.3, -0.25) is 9.69 Å². The molecule has 1 fully saturated rings. The lowest BCUT2D eigenvalue weighted by Gasteiger charge is -2.37. The van der Waals surface area contributed by atoms with Gasteiger partial charge in [-0.1, -0.05) is 0 Å². The van der Waals surface area contributed by atoms with Crippen LogP contribution in [0.25, 0.3) is 0 Å². The van der Waals surface area contributed by atoms with E-state index in [1.807, 2.05) is 6.92 Å². The van der Waals surface area contributed by atoms with Gasteiger partial charge in [0.1, 0.15) is 5.54 Å². The first-order valence-corrected chi connectivity index (χ1v) is 6.08. The molecule has 1 heterocycles. The molecule has 0 saturated carbocycles. The molecule has 0 aromatic heterocycles. The van der Waals surface area contributed by atoms with Crippen LogP contribution >= 0.6 is 0 Å². The van der Waals surface area contributed by atoms with E-state index in [0.717, 1.165) is 25.9 Å². The summed E-state index contributed by atoms with van der Waals surface area (Å²) >= 11 is 0. The molecule has 1 aliphatic heterocycles. The van der Waals surface area contributed by atoms with E-state index in [2.05, 4.69) is 10.2 Å². The Morgan fingerprint density at radius 1 is 1.53 bits per heavy atom. The van der Waals surface area contributed by atoms with Crippen LogP contribution in [-0.4, -0.2) is 63.4 Å². The van der Waals surface area contributed by atoms with Crippen molar-refractivity contribution in [1.82, 2.24) is 10.2 Å². The molecular formula is C12H24N2O3. The molecule has 0 spiro atoms. The van der Waals surface area contributed by atoms with Gasteiger partial charge in [0, 0.05) is 20.2 Å². The van der Waals surface area contributed by atoms with Gasteiger partial charge in [-0.05, 0) is 33.4 Å². The lowest BCUT2D eigenvalue weighted by atomic mass is 9.99. The third-order valence-corrected chi connectivity index (χ3v) is 3.52. The molecule has 0 amide bonds. The van der Waals surface area contributed by atoms with Gasteiger partial charge in [0.15, 0.2) is 0 Å². The topological polar surface area (TPSA) is 50.8 Å². The fraction of sp³-hybridized carbons (Fsp3) is 0.917. The Balaban J connectivity index is 2.58. The molecule has 2 unspecified atom stereocenters. The molecule has 1 saturated heterocycles. The number of carbonyl (C=O) groups excluding carboxylic acids is 1. The Morgan fingerprint density at radius 2 is 2.24 bits per heavy atom. The molecule has 100 valence electrons. The Morgan fingerprint density at radius 3 is 2.76 bits per heavy atom. The van der Waals surface area contributed by atoms with Gasteiger partial charge in [0.05, 0.1) is 13.2 Å². The SMILES string of the molecule is CNC(C)(CN1CCCC(OC)C1)C(=O)OC. The van der Waals surface area contributed by atoms with Crippen molar-refractivity contribution in [3.63, 3.8) is 0 Å². The predicted molar refractivity (Wildman–Crippen MR) is 66.0 cm³/mol. The second-order valence-corrected chi connectivity index (χ2v) is 4.81. The number of likely N-dealkylation sites (N-methyl/N-ethyl adjacent to an activating group) is 1. The first-order chi connectivity index (χ1) is 8.05. The highest BCUT2D eigenvalue weighted by Crippen LogP contribution is 2.16. The summed E-state index contributed by atoms with van der Waals surface area (Å²) in [4.78, 5) is 14.0. The van der Waals surface area contributed by atoms with Gasteiger partial charge in [-0.15, -0.1) is 0 Å². The average Bonchev–Trinajstić information content (AvgIpc) is 2.37. The number of rotatable bonds is 5. The van der Waals surface area contributed by atoms with Crippen LogP contribution in [0.5, 0.6) is 0 Å². The van der Waals surface area contributed by atoms with Gasteiger partial charge in [0.2, 0.25) is 0 Å². The van der Waals surface area contributed by atoms with E-state index in [-0.39, 0.29) is 12.1 Å². The standard InChI is InChI=1S/C12H24N2O3/c1-12(13-2,11(15)17-4)9-14-7-5-6-10(8-14)16-3/h10,13H,5-9H2,1-4H3. The van der Waals surface area contributed by atoms with Gasteiger partial charge in [0.25, 0.3) is 0 Å². The molecule has 0 radical (unpaired) electrons. The molecule has 17 heavy (non-hydrogen) atoms. The van der Waals surface area contributed by atoms with Crippen molar-refractivity contribution in [2.24, 2.45) is 0 Å². The summed E-state index contributed by atoms with van der Waals surface area (Å²) in [6.45, 7) is 4.41. The van der Waals surface area contributed by atoms with Crippen LogP contribution in [0.15, 0.2) is 0 Å². The van der Waals surface area contributed by atoms with Crippen LogP contribution in [0, 0.1) is 0 Å². The first-order valence-electron chi connectivity index (χ1n) is 6.08. The van der Waals surface area contributed by atoms with E-state index in [1.54, 1.807) is 14.2 Å². The smallest absolute Gasteiger partial charge is 0.327 e. The minimum Gasteiger partial charge on any atom is -0.468 e. The number of hydrogen-bond acceptors (Lipinski definition) is 5. The monoisotopic (exact) mass is 244 g/mol. The summed E-state index contributed by atoms with van der Waals surface area (Å²) in [6, 6.07) is 0. The fourth-order valence-electron chi connectivity index (χ4n) is 2.27. The minimum atomic E-state index is -0.648. The van der Waals surface area contributed by atoms with Gasteiger partial charge in [-0.2, -0.15) is 0 Å². The second kappa shape index (κ2) is 6.33. The van der Waals surface area contributed by atoms with E-state index in [4.69, 9.17) is 9.47 Å². The number of piperidine rings is 1. The summed E-state index contributed by atoms with van der Waals surface area (Å²) in [5.74, 6) is -0.223. The largest absolute Gasteiger partial charge is 0.468 e. The minimum absolute atomic E-state index is 0.223. The zero-order chi connectivity index (χ0) is 12.9. The van der Waals surface area contributed by atoms with E-state index in [9.17, 15) is 4.79 Å². The highest BCUT2D eigenvalue weighted by molar-refractivity contribution is 5.80. The Kier molecular flexibility index (Phi) is 5.36. The highest BCUT2D eigenvalue weighted by Gasteiger charge is 2.35. The highest BCUT2D eigenvalue weighted by atomic mass is 16.5. The predicted octanol–water partition coefficient (Wildman–Crippen LogP) is 0.248. The molecule has 0 aliphatic carbocycles. The normalized spacial score (nSPS) is 25.3. The number of nitrogens with one attached hydrogen (secondary N) is 1. The number of hydrogen-bond donors (Lipinski definition) is 1. The van der Waals surface area contributed by atoms with Gasteiger partial charge >= 0.3 is 5.97 Å². The lowest BCUT2D eigenvalue weighted by molar-refractivity contribution is -0.149. The molecule has 1 aliphatic rings. The van der Waals surface area contributed by atoms with Crippen molar-refractivity contribution in [3.05, 3.63) is 0 Å². The Labute approximate surface area is 103 Å². The maximum Gasteiger partial charge on any atom is 0.327 e. The molecular weight excluding hydrogens is 220 g/mol. The van der Waals surface area contributed by atoms with Crippen molar-refractivity contribution >= 4 is 5.97 Å². The summed E-state index contributed by atoms with van der Waals surface area (Å²) < 4.78 is 10.2. The second-order valence-electron chi connectivity index (χ2n) is 4.81. The van der Waals surface area contributed by atoms with E-state index >= 15 is 0 Å². The molecule has 2 atom stereocenters. The molecule has 0 bridgehead atoms. The van der Waals surface area contributed by atoms with Crippen molar-refractivity contribution in [3.8, 4) is 0 Å². The lowest BCUT2D eigenvalue weighted by Crippen LogP contribution is -2.57. The third kappa shape index (κ3) is 3.66. The number of likely N-dealkylation sites (tertiary alicyclic amines) is 1. The summed E-state index contributed by atoms with van der Waals surface area (Å²) in [5, 5.41) is 3.05. The van der Waals surface area contributed by atoms with E-state index in [0.29, 0.717) is 6.54 Å². The van der Waals surface area contributed by atoms with Crippen LogP contribution in [0.2, 0.25) is 0 Å².